The van der Waals surface area contributed by atoms with E-state index in [9.17, 15) is 9.59 Å². The molecule has 0 radical (unpaired) electrons. The van der Waals surface area contributed by atoms with Gasteiger partial charge in [-0.15, -0.1) is 0 Å². The quantitative estimate of drug-likeness (QED) is 0.855. The Morgan fingerprint density at radius 1 is 1.18 bits per heavy atom. The molecule has 5 heteroatoms. The van der Waals surface area contributed by atoms with Crippen LogP contribution in [0.25, 0.3) is 0 Å². The Morgan fingerprint density at radius 3 is 2.59 bits per heavy atom. The molecule has 5 nitrogen and oxygen atoms in total. The van der Waals surface area contributed by atoms with E-state index in [1.54, 1.807) is 19.9 Å². The van der Waals surface area contributed by atoms with Crippen molar-refractivity contribution in [1.29, 1.82) is 0 Å². The fraction of sp³-hybridized carbons (Fsp3) is 0.235. The zero-order valence-corrected chi connectivity index (χ0v) is 12.6. The number of benzene rings is 1. The highest BCUT2D eigenvalue weighted by Crippen LogP contribution is 2.18. The molecular formula is C17H18N2O3. The second kappa shape index (κ2) is 7.36. The number of Topliss-reactive ketones (excluding diaryl/α,β-unsaturated/α-hetero) is 1. The predicted octanol–water partition coefficient (Wildman–Crippen LogP) is 3.67. The van der Waals surface area contributed by atoms with Gasteiger partial charge in [0.05, 0.1) is 11.3 Å². The van der Waals surface area contributed by atoms with Crippen molar-refractivity contribution in [3.63, 3.8) is 0 Å². The second-order valence-electron chi connectivity index (χ2n) is 5.13. The number of amides is 1. The first-order valence-corrected chi connectivity index (χ1v) is 7.04. The molecule has 0 saturated carbocycles. The minimum atomic E-state index is -0.604. The predicted molar refractivity (Wildman–Crippen MR) is 83.7 cm³/mol. The lowest BCUT2D eigenvalue weighted by molar-refractivity contribution is 0.0940. The van der Waals surface area contributed by atoms with Gasteiger partial charge in [-0.3, -0.25) is 15.1 Å². The summed E-state index contributed by atoms with van der Waals surface area (Å²) in [6, 6.07) is 11.0. The number of anilines is 1. The molecule has 1 heterocycles. The maximum atomic E-state index is 12.1. The lowest BCUT2D eigenvalue weighted by Gasteiger charge is -2.11. The molecule has 114 valence electrons. The highest BCUT2D eigenvalue weighted by molar-refractivity contribution is 6.04. The van der Waals surface area contributed by atoms with E-state index >= 15 is 0 Å². The molecule has 1 aromatic carbocycles. The third kappa shape index (κ3) is 4.15. The number of hydrogen-bond donors (Lipinski definition) is 1. The zero-order chi connectivity index (χ0) is 15.9. The first-order chi connectivity index (χ1) is 10.6. The van der Waals surface area contributed by atoms with Crippen LogP contribution in [0.5, 0.6) is 0 Å². The highest BCUT2D eigenvalue weighted by Gasteiger charge is 2.16. The number of ether oxygens (including phenoxy) is 1. The Hall–Kier alpha value is -2.69. The van der Waals surface area contributed by atoms with E-state index in [4.69, 9.17) is 4.74 Å². The summed E-state index contributed by atoms with van der Waals surface area (Å²) in [5.41, 5.74) is 1.69. The molecule has 22 heavy (non-hydrogen) atoms. The van der Waals surface area contributed by atoms with Crippen LogP contribution in [0.15, 0.2) is 48.8 Å². The number of hydrogen-bond acceptors (Lipinski definition) is 4. The van der Waals surface area contributed by atoms with Gasteiger partial charge >= 0.3 is 6.09 Å². The van der Waals surface area contributed by atoms with Gasteiger partial charge in [0.25, 0.3) is 0 Å². The van der Waals surface area contributed by atoms with Gasteiger partial charge in [0.1, 0.15) is 6.61 Å². The second-order valence-corrected chi connectivity index (χ2v) is 5.13. The SMILES string of the molecule is CC(C)C(=O)c1cnccc1NC(=O)OCc1ccccc1. The van der Waals surface area contributed by atoms with Gasteiger partial charge in [0.2, 0.25) is 0 Å². The summed E-state index contributed by atoms with van der Waals surface area (Å²) in [4.78, 5) is 27.9. The number of rotatable bonds is 5. The van der Waals surface area contributed by atoms with E-state index < -0.39 is 6.09 Å². The van der Waals surface area contributed by atoms with Crippen molar-refractivity contribution >= 4 is 17.6 Å². The minimum absolute atomic E-state index is 0.0774. The highest BCUT2D eigenvalue weighted by atomic mass is 16.5. The standard InChI is InChI=1S/C17H18N2O3/c1-12(2)16(20)14-10-18-9-8-15(14)19-17(21)22-11-13-6-4-3-5-7-13/h3-10,12H,11H2,1-2H3,(H,18,19,21). The fourth-order valence-corrected chi connectivity index (χ4v) is 1.88. The molecule has 0 spiro atoms. The lowest BCUT2D eigenvalue weighted by Crippen LogP contribution is -2.17. The van der Waals surface area contributed by atoms with Crippen LogP contribution in [0.2, 0.25) is 0 Å². The van der Waals surface area contributed by atoms with E-state index in [-0.39, 0.29) is 18.3 Å². The zero-order valence-electron chi connectivity index (χ0n) is 12.6. The Bertz CT molecular complexity index is 654. The molecular weight excluding hydrogens is 280 g/mol. The number of pyridine rings is 1. The van der Waals surface area contributed by atoms with Crippen molar-refractivity contribution in [3.05, 3.63) is 59.9 Å². The van der Waals surface area contributed by atoms with Gasteiger partial charge in [-0.05, 0) is 11.6 Å². The molecule has 0 unspecified atom stereocenters. The number of ketones is 1. The third-order valence-electron chi connectivity index (χ3n) is 3.06. The third-order valence-corrected chi connectivity index (χ3v) is 3.06. The van der Waals surface area contributed by atoms with E-state index in [1.165, 1.54) is 12.4 Å². The summed E-state index contributed by atoms with van der Waals surface area (Å²) in [7, 11) is 0. The molecule has 1 aromatic heterocycles. The van der Waals surface area contributed by atoms with Gasteiger partial charge in [0, 0.05) is 18.3 Å². The van der Waals surface area contributed by atoms with Gasteiger partial charge in [-0.25, -0.2) is 4.79 Å². The average molecular weight is 298 g/mol. The molecule has 2 rings (SSSR count). The smallest absolute Gasteiger partial charge is 0.411 e. The number of aromatic nitrogens is 1. The van der Waals surface area contributed by atoms with Crippen LogP contribution >= 0.6 is 0 Å². The van der Waals surface area contributed by atoms with Crippen LogP contribution in [0.4, 0.5) is 10.5 Å². The molecule has 0 aliphatic rings. The van der Waals surface area contributed by atoms with Crippen molar-refractivity contribution in [2.24, 2.45) is 5.92 Å². The Kier molecular flexibility index (Phi) is 5.25. The normalized spacial score (nSPS) is 10.3. The molecule has 0 saturated heterocycles. The Labute approximate surface area is 129 Å². The van der Waals surface area contributed by atoms with Crippen LogP contribution in [0, 0.1) is 5.92 Å². The van der Waals surface area contributed by atoms with E-state index in [0.29, 0.717) is 11.3 Å². The maximum absolute atomic E-state index is 12.1. The fourth-order valence-electron chi connectivity index (χ4n) is 1.88. The average Bonchev–Trinajstić information content (AvgIpc) is 2.53. The molecule has 0 bridgehead atoms. The van der Waals surface area contributed by atoms with Crippen molar-refractivity contribution in [3.8, 4) is 0 Å². The molecule has 1 N–H and O–H groups in total. The monoisotopic (exact) mass is 298 g/mol. The van der Waals surface area contributed by atoms with Crippen LogP contribution in [-0.4, -0.2) is 16.9 Å². The summed E-state index contributed by atoms with van der Waals surface area (Å²) >= 11 is 0. The summed E-state index contributed by atoms with van der Waals surface area (Å²) in [6.45, 7) is 3.77. The number of nitrogens with zero attached hydrogens (tertiary/aromatic N) is 1. The van der Waals surface area contributed by atoms with Crippen LogP contribution < -0.4 is 5.32 Å². The van der Waals surface area contributed by atoms with Gasteiger partial charge in [-0.2, -0.15) is 0 Å². The molecule has 0 aliphatic heterocycles. The summed E-state index contributed by atoms with van der Waals surface area (Å²) in [5, 5.41) is 2.59. The number of carbonyl (C=O) groups excluding carboxylic acids is 2. The molecule has 0 atom stereocenters. The lowest BCUT2D eigenvalue weighted by atomic mass is 10.0. The van der Waals surface area contributed by atoms with Crippen molar-refractivity contribution < 1.29 is 14.3 Å². The molecule has 0 aliphatic carbocycles. The molecule has 0 fully saturated rings. The van der Waals surface area contributed by atoms with Crippen LogP contribution in [0.1, 0.15) is 29.8 Å². The first-order valence-electron chi connectivity index (χ1n) is 7.04. The van der Waals surface area contributed by atoms with Gasteiger partial charge < -0.3 is 4.74 Å². The summed E-state index contributed by atoms with van der Waals surface area (Å²) in [6.07, 6.45) is 2.37. The van der Waals surface area contributed by atoms with Crippen LogP contribution in [-0.2, 0) is 11.3 Å². The van der Waals surface area contributed by atoms with E-state index in [2.05, 4.69) is 10.3 Å². The molecule has 1 amide bonds. The molecule has 2 aromatic rings. The summed E-state index contributed by atoms with van der Waals surface area (Å²) in [5.74, 6) is -0.253. The Morgan fingerprint density at radius 2 is 1.91 bits per heavy atom. The van der Waals surface area contributed by atoms with Crippen molar-refractivity contribution in [1.82, 2.24) is 4.98 Å². The number of carbonyl (C=O) groups is 2. The van der Waals surface area contributed by atoms with Gasteiger partial charge in [-0.1, -0.05) is 44.2 Å². The largest absolute Gasteiger partial charge is 0.444 e. The first kappa shape index (κ1) is 15.7. The van der Waals surface area contributed by atoms with Gasteiger partial charge in [0.15, 0.2) is 5.78 Å². The van der Waals surface area contributed by atoms with Crippen LogP contribution in [0.3, 0.4) is 0 Å². The maximum Gasteiger partial charge on any atom is 0.411 e. The topological polar surface area (TPSA) is 68.3 Å². The number of nitrogens with one attached hydrogen (secondary N) is 1. The van der Waals surface area contributed by atoms with Crippen molar-refractivity contribution in [2.45, 2.75) is 20.5 Å². The Balaban J connectivity index is 2.01. The van der Waals surface area contributed by atoms with E-state index in [0.717, 1.165) is 5.56 Å². The minimum Gasteiger partial charge on any atom is -0.444 e. The van der Waals surface area contributed by atoms with E-state index in [1.807, 2.05) is 30.3 Å². The summed E-state index contributed by atoms with van der Waals surface area (Å²) < 4.78 is 5.15. The van der Waals surface area contributed by atoms with Crippen molar-refractivity contribution in [2.75, 3.05) is 5.32 Å².